The summed E-state index contributed by atoms with van der Waals surface area (Å²) in [7, 11) is 1.63. The number of benzene rings is 1. The van der Waals surface area contributed by atoms with Gasteiger partial charge in [-0.2, -0.15) is 0 Å². The number of ketones is 1. The van der Waals surface area contributed by atoms with Gasteiger partial charge in [0.2, 0.25) is 0 Å². The molecule has 22 heavy (non-hydrogen) atoms. The first-order valence-corrected chi connectivity index (χ1v) is 8.25. The molecule has 3 heteroatoms. The Hall–Kier alpha value is -1.35. The van der Waals surface area contributed by atoms with Crippen LogP contribution in [0.15, 0.2) is 12.1 Å². The molecule has 2 aliphatic carbocycles. The van der Waals surface area contributed by atoms with Gasteiger partial charge in [-0.3, -0.25) is 4.79 Å². The molecular weight excluding hydrogens is 276 g/mol. The quantitative estimate of drug-likeness (QED) is 0.850. The zero-order chi connectivity index (χ0) is 16.1. The smallest absolute Gasteiger partial charge is 0.163 e. The second-order valence-electron chi connectivity index (χ2n) is 7.63. The fourth-order valence-electron chi connectivity index (χ4n) is 4.52. The van der Waals surface area contributed by atoms with Gasteiger partial charge in [-0.15, -0.1) is 0 Å². The largest absolute Gasteiger partial charge is 0.496 e. The van der Waals surface area contributed by atoms with Gasteiger partial charge in [-0.05, 0) is 60.3 Å². The van der Waals surface area contributed by atoms with Crippen molar-refractivity contribution in [1.82, 2.24) is 0 Å². The van der Waals surface area contributed by atoms with Gasteiger partial charge in [-0.25, -0.2) is 0 Å². The van der Waals surface area contributed by atoms with E-state index < -0.39 is 6.10 Å². The molecule has 1 saturated carbocycles. The predicted octanol–water partition coefficient (Wildman–Crippen LogP) is 4.07. The highest BCUT2D eigenvalue weighted by Crippen LogP contribution is 2.52. The molecule has 0 radical (unpaired) electrons. The minimum atomic E-state index is -0.569. The van der Waals surface area contributed by atoms with Crippen LogP contribution in [0.25, 0.3) is 0 Å². The van der Waals surface area contributed by atoms with Crippen LogP contribution in [0.1, 0.15) is 67.1 Å². The van der Waals surface area contributed by atoms with Crippen molar-refractivity contribution in [2.75, 3.05) is 7.11 Å². The lowest BCUT2D eigenvalue weighted by Gasteiger charge is -2.44. The minimum Gasteiger partial charge on any atom is -0.496 e. The van der Waals surface area contributed by atoms with Gasteiger partial charge in [0.15, 0.2) is 5.78 Å². The molecule has 2 aliphatic rings. The van der Waals surface area contributed by atoms with Crippen LogP contribution >= 0.6 is 0 Å². The molecule has 0 aromatic heterocycles. The Labute approximate surface area is 132 Å². The lowest BCUT2D eigenvalue weighted by molar-refractivity contribution is -0.0117. The van der Waals surface area contributed by atoms with Crippen molar-refractivity contribution in [3.8, 4) is 5.75 Å². The van der Waals surface area contributed by atoms with Crippen molar-refractivity contribution in [3.05, 3.63) is 28.8 Å². The summed E-state index contributed by atoms with van der Waals surface area (Å²) >= 11 is 0. The fraction of sp³-hybridized carbons (Fsp3) is 0.632. The first-order chi connectivity index (χ1) is 10.3. The number of hydrogen-bond acceptors (Lipinski definition) is 3. The summed E-state index contributed by atoms with van der Waals surface area (Å²) in [6.07, 6.45) is 3.23. The number of ether oxygens (including phenoxy) is 1. The van der Waals surface area contributed by atoms with Crippen LogP contribution in [0.3, 0.4) is 0 Å². The van der Waals surface area contributed by atoms with Crippen molar-refractivity contribution in [1.29, 1.82) is 0 Å². The number of aliphatic hydroxyl groups is 1. The molecule has 120 valence electrons. The molecule has 1 aromatic rings. The molecular formula is C19H26O3. The number of hydrogen-bond donors (Lipinski definition) is 1. The average molecular weight is 302 g/mol. The maximum atomic E-state index is 12.8. The molecule has 1 fully saturated rings. The summed E-state index contributed by atoms with van der Waals surface area (Å²) in [6, 6.07) is 3.77. The van der Waals surface area contributed by atoms with Crippen molar-refractivity contribution >= 4 is 5.78 Å². The number of aliphatic hydroxyl groups excluding tert-OH is 1. The molecule has 3 nitrogen and oxygen atoms in total. The summed E-state index contributed by atoms with van der Waals surface area (Å²) in [4.78, 5) is 12.8. The van der Waals surface area contributed by atoms with Gasteiger partial charge in [-0.1, -0.05) is 20.3 Å². The standard InChI is InChI=1S/C19H26O3/c1-11-8-13-14(9-17(11)22-4)18(21)12-6-5-7-19(2,3)15(12)10-16(13)20/h8-9,12,15,18,21H,5-7,10H2,1-4H3/t12-,15-,18+/m1/s1. The van der Waals surface area contributed by atoms with Crippen molar-refractivity contribution in [2.24, 2.45) is 17.3 Å². The van der Waals surface area contributed by atoms with E-state index in [2.05, 4.69) is 13.8 Å². The van der Waals surface area contributed by atoms with E-state index in [-0.39, 0.29) is 23.0 Å². The second-order valence-corrected chi connectivity index (χ2v) is 7.63. The predicted molar refractivity (Wildman–Crippen MR) is 86.3 cm³/mol. The fourth-order valence-corrected chi connectivity index (χ4v) is 4.52. The van der Waals surface area contributed by atoms with Gasteiger partial charge in [0, 0.05) is 12.0 Å². The van der Waals surface area contributed by atoms with Crippen molar-refractivity contribution in [3.63, 3.8) is 0 Å². The number of carbonyl (C=O) groups is 1. The van der Waals surface area contributed by atoms with Crippen LogP contribution in [-0.2, 0) is 0 Å². The van der Waals surface area contributed by atoms with Crippen LogP contribution in [0.4, 0.5) is 0 Å². The van der Waals surface area contributed by atoms with Gasteiger partial charge < -0.3 is 9.84 Å². The number of aryl methyl sites for hydroxylation is 1. The Morgan fingerprint density at radius 2 is 2.05 bits per heavy atom. The third-order valence-corrected chi connectivity index (χ3v) is 5.88. The Balaban J connectivity index is 2.11. The van der Waals surface area contributed by atoms with Gasteiger partial charge in [0.25, 0.3) is 0 Å². The maximum Gasteiger partial charge on any atom is 0.163 e. The molecule has 0 saturated heterocycles. The molecule has 0 heterocycles. The van der Waals surface area contributed by atoms with Crippen LogP contribution in [0.5, 0.6) is 5.75 Å². The van der Waals surface area contributed by atoms with E-state index in [1.807, 2.05) is 19.1 Å². The molecule has 0 unspecified atom stereocenters. The molecule has 3 rings (SSSR count). The number of Topliss-reactive ketones (excluding diaryl/α,β-unsaturated/α-hetero) is 1. The van der Waals surface area contributed by atoms with E-state index in [1.165, 1.54) is 0 Å². The number of rotatable bonds is 1. The number of methoxy groups -OCH3 is 1. The molecule has 0 amide bonds. The lowest BCUT2D eigenvalue weighted by atomic mass is 9.61. The highest BCUT2D eigenvalue weighted by atomic mass is 16.5. The Morgan fingerprint density at radius 1 is 1.32 bits per heavy atom. The van der Waals surface area contributed by atoms with E-state index in [0.717, 1.165) is 36.1 Å². The summed E-state index contributed by atoms with van der Waals surface area (Å²) in [5, 5.41) is 11.0. The monoisotopic (exact) mass is 302 g/mol. The second kappa shape index (κ2) is 5.38. The Morgan fingerprint density at radius 3 is 2.73 bits per heavy atom. The van der Waals surface area contributed by atoms with E-state index in [0.29, 0.717) is 12.0 Å². The first kappa shape index (κ1) is 15.5. The zero-order valence-electron chi connectivity index (χ0n) is 14.0. The van der Waals surface area contributed by atoms with Crippen LogP contribution in [-0.4, -0.2) is 18.0 Å². The van der Waals surface area contributed by atoms with Crippen LogP contribution in [0.2, 0.25) is 0 Å². The molecule has 0 bridgehead atoms. The molecule has 1 aromatic carbocycles. The summed E-state index contributed by atoms with van der Waals surface area (Å²) in [5.74, 6) is 1.34. The van der Waals surface area contributed by atoms with Crippen molar-refractivity contribution in [2.45, 2.75) is 52.6 Å². The van der Waals surface area contributed by atoms with Crippen LogP contribution in [0, 0.1) is 24.2 Å². The normalized spacial score (nSPS) is 30.2. The minimum absolute atomic E-state index is 0.112. The molecule has 1 N–H and O–H groups in total. The van der Waals surface area contributed by atoms with Gasteiger partial charge >= 0.3 is 0 Å². The van der Waals surface area contributed by atoms with E-state index in [9.17, 15) is 9.90 Å². The Kier molecular flexibility index (Phi) is 3.80. The molecule has 3 atom stereocenters. The maximum absolute atomic E-state index is 12.8. The third kappa shape index (κ3) is 2.36. The summed E-state index contributed by atoms with van der Waals surface area (Å²) in [5.41, 5.74) is 2.51. The van der Waals surface area contributed by atoms with E-state index in [1.54, 1.807) is 7.11 Å². The number of fused-ring (bicyclic) bond motifs is 2. The van der Waals surface area contributed by atoms with E-state index >= 15 is 0 Å². The third-order valence-electron chi connectivity index (χ3n) is 5.88. The number of carbonyl (C=O) groups excluding carboxylic acids is 1. The summed E-state index contributed by atoms with van der Waals surface area (Å²) in [6.45, 7) is 6.43. The average Bonchev–Trinajstić information content (AvgIpc) is 2.56. The first-order valence-electron chi connectivity index (χ1n) is 8.25. The van der Waals surface area contributed by atoms with Crippen molar-refractivity contribution < 1.29 is 14.6 Å². The molecule has 0 aliphatic heterocycles. The van der Waals surface area contributed by atoms with Crippen LogP contribution < -0.4 is 4.74 Å². The highest BCUT2D eigenvalue weighted by molar-refractivity contribution is 5.98. The highest BCUT2D eigenvalue weighted by Gasteiger charge is 2.46. The zero-order valence-corrected chi connectivity index (χ0v) is 14.0. The van der Waals surface area contributed by atoms with E-state index in [4.69, 9.17) is 4.74 Å². The van der Waals surface area contributed by atoms with Gasteiger partial charge in [0.1, 0.15) is 5.75 Å². The summed E-state index contributed by atoms with van der Waals surface area (Å²) < 4.78 is 5.39. The topological polar surface area (TPSA) is 46.5 Å². The lowest BCUT2D eigenvalue weighted by Crippen LogP contribution is -2.37. The Bertz CT molecular complexity index is 603. The SMILES string of the molecule is COc1cc2c(cc1C)C(=O)C[C@@H]1[C@@H](CCCC1(C)C)[C@@H]2O. The van der Waals surface area contributed by atoms with Gasteiger partial charge in [0.05, 0.1) is 13.2 Å². The molecule has 0 spiro atoms.